The number of amides is 2. The average Bonchev–Trinajstić information content (AvgIpc) is 3.07. The van der Waals surface area contributed by atoms with E-state index in [1.165, 1.54) is 0 Å². The number of carbonyl (C=O) groups is 1. The highest BCUT2D eigenvalue weighted by Crippen LogP contribution is 2.26. The largest absolute Gasteiger partial charge is 0.350 e. The molecule has 1 aliphatic heterocycles. The molecule has 0 saturated heterocycles. The van der Waals surface area contributed by atoms with E-state index in [-0.39, 0.29) is 6.03 Å². The van der Waals surface area contributed by atoms with Crippen LogP contribution in [-0.2, 0) is 0 Å². The summed E-state index contributed by atoms with van der Waals surface area (Å²) in [5.41, 5.74) is 3.40. The minimum Gasteiger partial charge on any atom is -0.350 e. The Morgan fingerprint density at radius 2 is 1.84 bits per heavy atom. The number of halogens is 2. The molecule has 1 aliphatic rings. The lowest BCUT2D eigenvalue weighted by molar-refractivity contribution is 0.262. The van der Waals surface area contributed by atoms with E-state index >= 15 is 0 Å². The van der Waals surface area contributed by atoms with Crippen LogP contribution in [0.5, 0.6) is 0 Å². The second-order valence-corrected chi connectivity index (χ2v) is 6.26. The minimum atomic E-state index is -0.357. The number of hydrogen-bond acceptors (Lipinski definition) is 2. The van der Waals surface area contributed by atoms with Gasteiger partial charge in [-0.25, -0.2) is 4.79 Å². The van der Waals surface area contributed by atoms with E-state index in [0.717, 1.165) is 23.4 Å². The lowest BCUT2D eigenvalue weighted by Gasteiger charge is -2.10. The molecule has 0 saturated carbocycles. The maximum atomic E-state index is 12.2. The van der Waals surface area contributed by atoms with Crippen molar-refractivity contribution in [1.29, 1.82) is 0 Å². The van der Waals surface area contributed by atoms with E-state index in [9.17, 15) is 4.79 Å². The zero-order chi connectivity index (χ0) is 17.8. The molecule has 2 aromatic rings. The molecule has 0 radical (unpaired) electrons. The van der Waals surface area contributed by atoms with Crippen LogP contribution in [0, 0.1) is 0 Å². The van der Waals surface area contributed by atoms with Crippen LogP contribution in [0.2, 0.25) is 10.0 Å². The molecule has 3 rings (SSSR count). The fraction of sp³-hybridized carbons (Fsp3) is 0.111. The Balaban J connectivity index is 1.67. The summed E-state index contributed by atoms with van der Waals surface area (Å²) in [4.78, 5) is 16.3. The van der Waals surface area contributed by atoms with Crippen molar-refractivity contribution >= 4 is 52.0 Å². The van der Waals surface area contributed by atoms with Crippen LogP contribution in [0.25, 0.3) is 5.57 Å². The van der Waals surface area contributed by atoms with Gasteiger partial charge in [-0.3, -0.25) is 4.99 Å². The molecule has 0 bridgehead atoms. The lowest BCUT2D eigenvalue weighted by atomic mass is 10.0. The molecule has 0 aliphatic carbocycles. The van der Waals surface area contributed by atoms with Gasteiger partial charge in [-0.15, -0.1) is 0 Å². The first-order valence-corrected chi connectivity index (χ1v) is 8.35. The van der Waals surface area contributed by atoms with Gasteiger partial charge in [0.05, 0.1) is 10.0 Å². The molecule has 2 aromatic carbocycles. The predicted molar refractivity (Wildman–Crippen MR) is 105 cm³/mol. The molecule has 0 aromatic heterocycles. The van der Waals surface area contributed by atoms with Gasteiger partial charge < -0.3 is 16.0 Å². The van der Waals surface area contributed by atoms with E-state index in [4.69, 9.17) is 23.2 Å². The van der Waals surface area contributed by atoms with Gasteiger partial charge in [0.15, 0.2) is 0 Å². The molecule has 3 N–H and O–H groups in total. The zero-order valence-electron chi connectivity index (χ0n) is 13.4. The van der Waals surface area contributed by atoms with Crippen molar-refractivity contribution in [2.45, 2.75) is 6.42 Å². The second-order valence-electron chi connectivity index (χ2n) is 5.45. The molecule has 25 heavy (non-hydrogen) atoms. The van der Waals surface area contributed by atoms with Crippen molar-refractivity contribution < 1.29 is 4.79 Å². The Kier molecular flexibility index (Phi) is 5.26. The number of nitrogens with zero attached hydrogens (tertiary/aromatic N) is 1. The van der Waals surface area contributed by atoms with Crippen LogP contribution in [-0.4, -0.2) is 18.9 Å². The first-order valence-electron chi connectivity index (χ1n) is 7.60. The van der Waals surface area contributed by atoms with Gasteiger partial charge in [0, 0.05) is 31.0 Å². The summed E-state index contributed by atoms with van der Waals surface area (Å²) in [7, 11) is 1.75. The number of amidine groups is 1. The normalized spacial score (nSPS) is 14.8. The number of anilines is 2. The number of aliphatic imine (C=N–C) groups is 1. The number of urea groups is 1. The van der Waals surface area contributed by atoms with E-state index in [1.54, 1.807) is 25.2 Å². The summed E-state index contributed by atoms with van der Waals surface area (Å²) in [6.07, 6.45) is 2.67. The Bertz CT molecular complexity index is 877. The summed E-state index contributed by atoms with van der Waals surface area (Å²) < 4.78 is 0. The Morgan fingerprint density at radius 3 is 2.52 bits per heavy atom. The maximum absolute atomic E-state index is 12.2. The van der Waals surface area contributed by atoms with Crippen molar-refractivity contribution in [3.8, 4) is 0 Å². The maximum Gasteiger partial charge on any atom is 0.323 e. The van der Waals surface area contributed by atoms with Crippen molar-refractivity contribution in [3.05, 3.63) is 64.3 Å². The van der Waals surface area contributed by atoms with Gasteiger partial charge in [-0.05, 0) is 41.5 Å². The molecule has 1 heterocycles. The number of benzene rings is 2. The second kappa shape index (κ2) is 7.59. The van der Waals surface area contributed by atoms with E-state index < -0.39 is 0 Å². The topological polar surface area (TPSA) is 65.5 Å². The van der Waals surface area contributed by atoms with Crippen LogP contribution < -0.4 is 16.0 Å². The third kappa shape index (κ3) is 4.32. The van der Waals surface area contributed by atoms with Crippen LogP contribution >= 0.6 is 23.2 Å². The fourth-order valence-electron chi connectivity index (χ4n) is 2.45. The highest BCUT2D eigenvalue weighted by Gasteiger charge is 2.13. The summed E-state index contributed by atoms with van der Waals surface area (Å²) in [6.45, 7) is 0. The molecule has 0 atom stereocenters. The standard InChI is InChI=1S/C18H16Cl2N4O/c1-21-17-8-12(10-22-17)11-3-2-4-13(7-11)23-18(25)24-14-5-6-15(19)16(20)9-14/h2-7,9-10H,8H2,1H3,(H,21,22)(H2,23,24,25). The summed E-state index contributed by atoms with van der Waals surface area (Å²) in [5, 5.41) is 9.48. The van der Waals surface area contributed by atoms with Gasteiger partial charge in [-0.2, -0.15) is 0 Å². The SMILES string of the molecule is CN=C1CC(c2cccc(NC(=O)Nc3ccc(Cl)c(Cl)c3)c2)=CN1. The molecule has 0 spiro atoms. The number of rotatable bonds is 3. The molecule has 2 amide bonds. The highest BCUT2D eigenvalue weighted by molar-refractivity contribution is 6.42. The van der Waals surface area contributed by atoms with Crippen LogP contribution in [0.1, 0.15) is 12.0 Å². The highest BCUT2D eigenvalue weighted by atomic mass is 35.5. The Hall–Kier alpha value is -2.50. The first-order chi connectivity index (χ1) is 12.0. The Labute approximate surface area is 155 Å². The van der Waals surface area contributed by atoms with Crippen molar-refractivity contribution in [1.82, 2.24) is 5.32 Å². The van der Waals surface area contributed by atoms with Crippen LogP contribution in [0.4, 0.5) is 16.2 Å². The molecule has 5 nitrogen and oxygen atoms in total. The molecule has 7 heteroatoms. The summed E-state index contributed by atoms with van der Waals surface area (Å²) in [6, 6.07) is 12.2. The first kappa shape index (κ1) is 17.3. The van der Waals surface area contributed by atoms with Crippen molar-refractivity contribution in [2.24, 2.45) is 4.99 Å². The van der Waals surface area contributed by atoms with E-state index in [2.05, 4.69) is 20.9 Å². The van der Waals surface area contributed by atoms with Crippen molar-refractivity contribution in [3.63, 3.8) is 0 Å². The summed E-state index contributed by atoms with van der Waals surface area (Å²) >= 11 is 11.8. The quantitative estimate of drug-likeness (QED) is 0.707. The number of nitrogens with one attached hydrogen (secondary N) is 3. The van der Waals surface area contributed by atoms with E-state index in [0.29, 0.717) is 21.4 Å². The molecule has 0 fully saturated rings. The fourth-order valence-corrected chi connectivity index (χ4v) is 2.74. The van der Waals surface area contributed by atoms with E-state index in [1.807, 2.05) is 30.5 Å². The van der Waals surface area contributed by atoms with Crippen molar-refractivity contribution in [2.75, 3.05) is 17.7 Å². The van der Waals surface area contributed by atoms with Gasteiger partial charge in [0.1, 0.15) is 5.84 Å². The monoisotopic (exact) mass is 374 g/mol. The lowest BCUT2D eigenvalue weighted by Crippen LogP contribution is -2.19. The predicted octanol–water partition coefficient (Wildman–Crippen LogP) is 5.00. The van der Waals surface area contributed by atoms with Crippen LogP contribution in [0.15, 0.2) is 53.7 Å². The minimum absolute atomic E-state index is 0.357. The third-order valence-electron chi connectivity index (χ3n) is 3.71. The molecule has 128 valence electrons. The molecular formula is C18H16Cl2N4O. The van der Waals surface area contributed by atoms with Gasteiger partial charge >= 0.3 is 6.03 Å². The Morgan fingerprint density at radius 1 is 1.08 bits per heavy atom. The van der Waals surface area contributed by atoms with Gasteiger partial charge in [0.25, 0.3) is 0 Å². The van der Waals surface area contributed by atoms with Gasteiger partial charge in [-0.1, -0.05) is 35.3 Å². The van der Waals surface area contributed by atoms with Crippen LogP contribution in [0.3, 0.4) is 0 Å². The zero-order valence-corrected chi connectivity index (χ0v) is 14.9. The third-order valence-corrected chi connectivity index (χ3v) is 4.45. The number of carbonyl (C=O) groups excluding carboxylic acids is 1. The smallest absolute Gasteiger partial charge is 0.323 e. The summed E-state index contributed by atoms with van der Waals surface area (Å²) in [5.74, 6) is 0.922. The average molecular weight is 375 g/mol. The molecular weight excluding hydrogens is 359 g/mol. The number of hydrogen-bond donors (Lipinski definition) is 3. The van der Waals surface area contributed by atoms with Gasteiger partial charge in [0.2, 0.25) is 0 Å². The molecule has 0 unspecified atom stereocenters.